The van der Waals surface area contributed by atoms with Gasteiger partial charge in [-0.25, -0.2) is 0 Å². The summed E-state index contributed by atoms with van der Waals surface area (Å²) < 4.78 is 9.81. The van der Waals surface area contributed by atoms with Crippen molar-refractivity contribution in [1.29, 1.82) is 5.26 Å². The van der Waals surface area contributed by atoms with Crippen LogP contribution in [0.5, 0.6) is 5.75 Å². The molecule has 0 spiro atoms. The Kier molecular flexibility index (Phi) is 6.60. The maximum atomic E-state index is 9.66. The van der Waals surface area contributed by atoms with E-state index in [4.69, 9.17) is 4.43 Å². The van der Waals surface area contributed by atoms with E-state index >= 15 is 0 Å². The van der Waals surface area contributed by atoms with Gasteiger partial charge in [0, 0.05) is 16.2 Å². The number of hydrogen-bond acceptors (Lipinski definition) is 2. The van der Waals surface area contributed by atoms with Crippen molar-refractivity contribution in [3.63, 3.8) is 0 Å². The second-order valence-corrected chi connectivity index (χ2v) is 12.0. The topological polar surface area (TPSA) is 38.0 Å². The molecule has 1 radical (unpaired) electrons. The SMILES string of the molecule is Cc1c(-n2cc(Br)cc2C#N)ccc(C(C)(C)C)c1O[Si](c1ccccc1)c1ccccc1. The van der Waals surface area contributed by atoms with Crippen LogP contribution >= 0.6 is 15.9 Å². The van der Waals surface area contributed by atoms with Crippen LogP contribution in [0.15, 0.2) is 89.5 Å². The molecule has 165 valence electrons. The molecule has 3 nitrogen and oxygen atoms in total. The fourth-order valence-electron chi connectivity index (χ4n) is 3.95. The molecular formula is C28H26BrN2OSi. The summed E-state index contributed by atoms with van der Waals surface area (Å²) in [6.45, 7) is 8.71. The first-order chi connectivity index (χ1) is 15.8. The van der Waals surface area contributed by atoms with Gasteiger partial charge in [-0.2, -0.15) is 5.26 Å². The Morgan fingerprint density at radius 3 is 2.00 bits per heavy atom. The minimum absolute atomic E-state index is 0.103. The maximum absolute atomic E-state index is 9.66. The van der Waals surface area contributed by atoms with E-state index in [0.717, 1.165) is 27.0 Å². The zero-order valence-corrected chi connectivity index (χ0v) is 21.8. The molecule has 0 aliphatic carbocycles. The molecular weight excluding hydrogens is 488 g/mol. The summed E-state index contributed by atoms with van der Waals surface area (Å²) in [4.78, 5) is 0. The van der Waals surface area contributed by atoms with Crippen LogP contribution in [-0.2, 0) is 5.41 Å². The van der Waals surface area contributed by atoms with E-state index in [-0.39, 0.29) is 5.41 Å². The number of benzene rings is 3. The molecule has 1 heterocycles. The van der Waals surface area contributed by atoms with Gasteiger partial charge in [0.2, 0.25) is 0 Å². The predicted octanol–water partition coefficient (Wildman–Crippen LogP) is 5.90. The van der Waals surface area contributed by atoms with Gasteiger partial charge in [-0.1, -0.05) is 87.5 Å². The highest BCUT2D eigenvalue weighted by atomic mass is 79.9. The molecule has 0 fully saturated rings. The summed E-state index contributed by atoms with van der Waals surface area (Å²) in [6, 6.07) is 29.3. The lowest BCUT2D eigenvalue weighted by Gasteiger charge is -2.28. The molecule has 0 saturated heterocycles. The third-order valence-electron chi connectivity index (χ3n) is 5.62. The first-order valence-electron chi connectivity index (χ1n) is 10.9. The Labute approximate surface area is 206 Å². The zero-order valence-electron chi connectivity index (χ0n) is 19.3. The van der Waals surface area contributed by atoms with Gasteiger partial charge in [0.05, 0.1) is 5.69 Å². The van der Waals surface area contributed by atoms with Gasteiger partial charge in [-0.05, 0) is 56.3 Å². The molecule has 4 aromatic rings. The summed E-state index contributed by atoms with van der Waals surface area (Å²) in [5.74, 6) is 0.898. The number of nitrogens with zero attached hydrogens (tertiary/aromatic N) is 2. The van der Waals surface area contributed by atoms with Gasteiger partial charge in [-0.3, -0.25) is 0 Å². The molecule has 0 atom stereocenters. The van der Waals surface area contributed by atoms with Crippen LogP contribution in [0, 0.1) is 18.3 Å². The Balaban J connectivity index is 1.91. The molecule has 5 heteroatoms. The van der Waals surface area contributed by atoms with Gasteiger partial charge in [0.15, 0.2) is 0 Å². The number of nitriles is 1. The maximum Gasteiger partial charge on any atom is 0.352 e. The van der Waals surface area contributed by atoms with Crippen LogP contribution in [0.3, 0.4) is 0 Å². The fourth-order valence-corrected chi connectivity index (χ4v) is 6.39. The van der Waals surface area contributed by atoms with Crippen molar-refractivity contribution in [2.75, 3.05) is 0 Å². The molecule has 0 N–H and O–H groups in total. The second kappa shape index (κ2) is 9.42. The summed E-state index contributed by atoms with van der Waals surface area (Å²) in [5, 5.41) is 12.1. The van der Waals surface area contributed by atoms with Crippen LogP contribution in [0.2, 0.25) is 0 Å². The third-order valence-corrected chi connectivity index (χ3v) is 8.18. The highest BCUT2D eigenvalue weighted by Crippen LogP contribution is 2.38. The molecule has 3 aromatic carbocycles. The van der Waals surface area contributed by atoms with Crippen molar-refractivity contribution in [2.45, 2.75) is 33.1 Å². The minimum Gasteiger partial charge on any atom is -0.532 e. The third kappa shape index (κ3) is 4.83. The summed E-state index contributed by atoms with van der Waals surface area (Å²) >= 11 is 3.51. The average Bonchev–Trinajstić information content (AvgIpc) is 3.19. The average molecular weight is 515 g/mol. The van der Waals surface area contributed by atoms with Crippen LogP contribution < -0.4 is 14.8 Å². The number of halogens is 1. The molecule has 33 heavy (non-hydrogen) atoms. The van der Waals surface area contributed by atoms with Crippen molar-refractivity contribution in [2.24, 2.45) is 0 Å². The summed E-state index contributed by atoms with van der Waals surface area (Å²) in [6.07, 6.45) is 1.93. The van der Waals surface area contributed by atoms with Crippen molar-refractivity contribution in [3.05, 3.63) is 106 Å². The van der Waals surface area contributed by atoms with Crippen LogP contribution in [0.1, 0.15) is 37.6 Å². The van der Waals surface area contributed by atoms with Crippen molar-refractivity contribution >= 4 is 35.3 Å². The van der Waals surface area contributed by atoms with Gasteiger partial charge in [0.1, 0.15) is 17.5 Å². The van der Waals surface area contributed by atoms with E-state index < -0.39 is 9.04 Å². The number of hydrogen-bond donors (Lipinski definition) is 0. The number of rotatable bonds is 5. The van der Waals surface area contributed by atoms with Crippen LogP contribution in [0.25, 0.3) is 5.69 Å². The first kappa shape index (κ1) is 23.1. The highest BCUT2D eigenvalue weighted by Gasteiger charge is 2.28. The van der Waals surface area contributed by atoms with E-state index in [9.17, 15) is 5.26 Å². The van der Waals surface area contributed by atoms with Crippen LogP contribution in [0.4, 0.5) is 0 Å². The normalized spacial score (nSPS) is 11.4. The van der Waals surface area contributed by atoms with E-state index in [2.05, 4.69) is 110 Å². The standard InChI is InChI=1S/C28H26BrN2OSi/c1-20-26(31-19-21(29)17-22(31)18-30)16-15-25(28(2,3)4)27(20)32-33(23-11-7-5-8-12-23)24-13-9-6-10-14-24/h5-17,19H,1-4H3. The van der Waals surface area contributed by atoms with Crippen molar-refractivity contribution in [1.82, 2.24) is 4.57 Å². The quantitative estimate of drug-likeness (QED) is 0.311. The molecule has 0 bridgehead atoms. The van der Waals surface area contributed by atoms with Gasteiger partial charge < -0.3 is 8.99 Å². The largest absolute Gasteiger partial charge is 0.532 e. The van der Waals surface area contributed by atoms with E-state index in [1.807, 2.05) is 29.0 Å². The lowest BCUT2D eigenvalue weighted by atomic mass is 9.85. The molecule has 0 aliphatic rings. The predicted molar refractivity (Wildman–Crippen MR) is 140 cm³/mol. The Morgan fingerprint density at radius 2 is 1.48 bits per heavy atom. The molecule has 0 aliphatic heterocycles. The first-order valence-corrected chi connectivity index (χ1v) is 13.1. The van der Waals surface area contributed by atoms with Crippen molar-refractivity contribution < 1.29 is 4.43 Å². The lowest BCUT2D eigenvalue weighted by molar-refractivity contribution is 0.521. The zero-order chi connectivity index (χ0) is 23.6. The minimum atomic E-state index is -1.55. The van der Waals surface area contributed by atoms with E-state index in [1.165, 1.54) is 10.4 Å². The summed E-state index contributed by atoms with van der Waals surface area (Å²) in [5.41, 5.74) is 3.60. The smallest absolute Gasteiger partial charge is 0.352 e. The monoisotopic (exact) mass is 513 g/mol. The van der Waals surface area contributed by atoms with Crippen molar-refractivity contribution in [3.8, 4) is 17.5 Å². The van der Waals surface area contributed by atoms with Gasteiger partial charge >= 0.3 is 9.04 Å². The summed E-state index contributed by atoms with van der Waals surface area (Å²) in [7, 11) is -1.55. The molecule has 0 amide bonds. The van der Waals surface area contributed by atoms with Gasteiger partial charge in [-0.15, -0.1) is 0 Å². The lowest BCUT2D eigenvalue weighted by Crippen LogP contribution is -2.48. The van der Waals surface area contributed by atoms with Crippen LogP contribution in [-0.4, -0.2) is 13.6 Å². The highest BCUT2D eigenvalue weighted by molar-refractivity contribution is 9.10. The van der Waals surface area contributed by atoms with E-state index in [1.54, 1.807) is 0 Å². The molecule has 0 unspecified atom stereocenters. The second-order valence-electron chi connectivity index (χ2n) is 9.02. The molecule has 0 saturated carbocycles. The van der Waals surface area contributed by atoms with Gasteiger partial charge in [0.25, 0.3) is 0 Å². The fraction of sp³-hybridized carbons (Fsp3) is 0.179. The Morgan fingerprint density at radius 1 is 0.909 bits per heavy atom. The van der Waals surface area contributed by atoms with E-state index in [0.29, 0.717) is 5.69 Å². The Hall–Kier alpha value is -3.07. The molecule has 4 rings (SSSR count). The molecule has 1 aromatic heterocycles. The Bertz CT molecular complexity index is 1260. The number of aromatic nitrogens is 1.